The zero-order valence-corrected chi connectivity index (χ0v) is 12.7. The van der Waals surface area contributed by atoms with Crippen LogP contribution in [0.5, 0.6) is 17.2 Å². The van der Waals surface area contributed by atoms with Crippen molar-refractivity contribution in [1.29, 1.82) is 0 Å². The molecule has 1 aromatic rings. The quantitative estimate of drug-likeness (QED) is 0.831. The van der Waals surface area contributed by atoms with E-state index in [1.54, 1.807) is 12.1 Å². The van der Waals surface area contributed by atoms with Gasteiger partial charge in [-0.15, -0.1) is 0 Å². The molecule has 2 N–H and O–H groups in total. The van der Waals surface area contributed by atoms with E-state index < -0.39 is 17.8 Å². The number of methoxy groups -OCH3 is 3. The number of carbonyl (C=O) groups is 2. The standard InChI is InChI=1S/C15H19NO6/c1-20-11-6-8(7-12(21-2)13(11)22-3)16-14(17)9-4-5-10(9)15(18)19/h6-7,9-10H,4-5H2,1-3H3,(H,16,17)(H,18,19). The number of benzene rings is 1. The molecular formula is C15H19NO6. The van der Waals surface area contributed by atoms with Gasteiger partial charge in [0.1, 0.15) is 0 Å². The fourth-order valence-electron chi connectivity index (χ4n) is 2.50. The molecule has 1 aliphatic rings. The molecule has 2 atom stereocenters. The van der Waals surface area contributed by atoms with Gasteiger partial charge in [0.15, 0.2) is 11.5 Å². The zero-order chi connectivity index (χ0) is 16.3. The molecule has 0 bridgehead atoms. The average Bonchev–Trinajstić information content (AvgIpc) is 2.44. The molecule has 1 aromatic carbocycles. The first-order chi connectivity index (χ1) is 10.5. The number of nitrogens with one attached hydrogen (secondary N) is 1. The Morgan fingerprint density at radius 3 is 1.95 bits per heavy atom. The van der Waals surface area contributed by atoms with E-state index in [2.05, 4.69) is 5.32 Å². The Balaban J connectivity index is 2.19. The molecule has 7 nitrogen and oxygen atoms in total. The fraction of sp³-hybridized carbons (Fsp3) is 0.467. The molecule has 22 heavy (non-hydrogen) atoms. The molecular weight excluding hydrogens is 290 g/mol. The summed E-state index contributed by atoms with van der Waals surface area (Å²) in [7, 11) is 4.45. The summed E-state index contributed by atoms with van der Waals surface area (Å²) < 4.78 is 15.6. The van der Waals surface area contributed by atoms with Crippen LogP contribution in [-0.4, -0.2) is 38.3 Å². The summed E-state index contributed by atoms with van der Waals surface area (Å²) >= 11 is 0. The number of aliphatic carboxylic acids is 1. The predicted molar refractivity (Wildman–Crippen MR) is 78.6 cm³/mol. The van der Waals surface area contributed by atoms with Crippen molar-refractivity contribution in [3.8, 4) is 17.2 Å². The Morgan fingerprint density at radius 1 is 1.05 bits per heavy atom. The maximum absolute atomic E-state index is 12.2. The number of anilines is 1. The lowest BCUT2D eigenvalue weighted by molar-refractivity contribution is -0.151. The third-order valence-electron chi connectivity index (χ3n) is 3.86. The summed E-state index contributed by atoms with van der Waals surface area (Å²) in [6, 6.07) is 3.21. The fourth-order valence-corrected chi connectivity index (χ4v) is 2.50. The van der Waals surface area contributed by atoms with Gasteiger partial charge in [0.05, 0.1) is 33.2 Å². The molecule has 120 valence electrons. The number of carboxylic acids is 1. The van der Waals surface area contributed by atoms with Crippen molar-refractivity contribution in [1.82, 2.24) is 0 Å². The Labute approximate surface area is 128 Å². The SMILES string of the molecule is COc1cc(NC(=O)C2CCC2C(=O)O)cc(OC)c1OC. The number of hydrogen-bond donors (Lipinski definition) is 2. The van der Waals surface area contributed by atoms with E-state index in [4.69, 9.17) is 19.3 Å². The highest BCUT2D eigenvalue weighted by Crippen LogP contribution is 2.41. The van der Waals surface area contributed by atoms with Crippen LogP contribution in [0.4, 0.5) is 5.69 Å². The van der Waals surface area contributed by atoms with E-state index in [1.807, 2.05) is 0 Å². The highest BCUT2D eigenvalue weighted by Gasteiger charge is 2.41. The van der Waals surface area contributed by atoms with E-state index in [1.165, 1.54) is 21.3 Å². The second-order valence-electron chi connectivity index (χ2n) is 5.03. The van der Waals surface area contributed by atoms with E-state index in [0.717, 1.165) is 0 Å². The van der Waals surface area contributed by atoms with Gasteiger partial charge in [0.25, 0.3) is 0 Å². The van der Waals surface area contributed by atoms with Gasteiger partial charge in [0.2, 0.25) is 11.7 Å². The number of carboxylic acid groups (broad SMARTS) is 1. The first kappa shape index (κ1) is 15.9. The summed E-state index contributed by atoms with van der Waals surface area (Å²) in [5.74, 6) is -1.10. The van der Waals surface area contributed by atoms with Crippen LogP contribution in [-0.2, 0) is 9.59 Å². The largest absolute Gasteiger partial charge is 0.493 e. The Hall–Kier alpha value is -2.44. The summed E-state index contributed by atoms with van der Waals surface area (Å²) in [4.78, 5) is 23.2. The molecule has 0 spiro atoms. The van der Waals surface area contributed by atoms with Gasteiger partial charge in [-0.05, 0) is 12.8 Å². The van der Waals surface area contributed by atoms with Crippen LogP contribution in [0.1, 0.15) is 12.8 Å². The van der Waals surface area contributed by atoms with Crippen LogP contribution in [0.2, 0.25) is 0 Å². The van der Waals surface area contributed by atoms with Gasteiger partial charge in [-0.2, -0.15) is 0 Å². The van der Waals surface area contributed by atoms with E-state index in [9.17, 15) is 9.59 Å². The summed E-state index contributed by atoms with van der Waals surface area (Å²) in [6.07, 6.45) is 1.11. The van der Waals surface area contributed by atoms with Gasteiger partial charge in [-0.1, -0.05) is 0 Å². The van der Waals surface area contributed by atoms with Gasteiger partial charge >= 0.3 is 5.97 Å². The zero-order valence-electron chi connectivity index (χ0n) is 12.7. The van der Waals surface area contributed by atoms with Gasteiger partial charge in [0, 0.05) is 17.8 Å². The minimum absolute atomic E-state index is 0.312. The molecule has 1 fully saturated rings. The van der Waals surface area contributed by atoms with Gasteiger partial charge in [-0.3, -0.25) is 9.59 Å². The van der Waals surface area contributed by atoms with Crippen LogP contribution in [0.15, 0.2) is 12.1 Å². The van der Waals surface area contributed by atoms with Crippen molar-refractivity contribution in [2.45, 2.75) is 12.8 Å². The molecule has 2 rings (SSSR count). The second kappa shape index (κ2) is 6.55. The number of amides is 1. The van der Waals surface area contributed by atoms with Gasteiger partial charge < -0.3 is 24.6 Å². The van der Waals surface area contributed by atoms with Crippen LogP contribution >= 0.6 is 0 Å². The maximum Gasteiger partial charge on any atom is 0.307 e. The Bertz CT molecular complexity index is 560. The second-order valence-corrected chi connectivity index (χ2v) is 5.03. The first-order valence-corrected chi connectivity index (χ1v) is 6.85. The third-order valence-corrected chi connectivity index (χ3v) is 3.86. The van der Waals surface area contributed by atoms with Gasteiger partial charge in [-0.25, -0.2) is 0 Å². The Kier molecular flexibility index (Phi) is 4.75. The van der Waals surface area contributed by atoms with Crippen LogP contribution < -0.4 is 19.5 Å². The average molecular weight is 309 g/mol. The molecule has 1 aliphatic carbocycles. The predicted octanol–water partition coefficient (Wildman–Crippen LogP) is 1.76. The highest BCUT2D eigenvalue weighted by molar-refractivity contribution is 5.96. The van der Waals surface area contributed by atoms with Crippen molar-refractivity contribution in [2.24, 2.45) is 11.8 Å². The van der Waals surface area contributed by atoms with E-state index in [0.29, 0.717) is 35.8 Å². The minimum atomic E-state index is -0.934. The topological polar surface area (TPSA) is 94.1 Å². The number of carbonyl (C=O) groups excluding carboxylic acids is 1. The van der Waals surface area contributed by atoms with Crippen LogP contribution in [0.3, 0.4) is 0 Å². The van der Waals surface area contributed by atoms with Crippen molar-refractivity contribution in [2.75, 3.05) is 26.6 Å². The Morgan fingerprint density at radius 2 is 1.59 bits per heavy atom. The molecule has 7 heteroatoms. The molecule has 2 unspecified atom stereocenters. The van der Waals surface area contributed by atoms with E-state index in [-0.39, 0.29) is 5.91 Å². The molecule has 0 saturated heterocycles. The number of hydrogen-bond acceptors (Lipinski definition) is 5. The minimum Gasteiger partial charge on any atom is -0.493 e. The summed E-state index contributed by atoms with van der Waals surface area (Å²) in [6.45, 7) is 0. The summed E-state index contributed by atoms with van der Waals surface area (Å²) in [5, 5.41) is 11.7. The number of rotatable bonds is 6. The van der Waals surface area contributed by atoms with Crippen molar-refractivity contribution in [3.63, 3.8) is 0 Å². The van der Waals surface area contributed by atoms with Crippen molar-refractivity contribution < 1.29 is 28.9 Å². The molecule has 1 saturated carbocycles. The monoisotopic (exact) mass is 309 g/mol. The smallest absolute Gasteiger partial charge is 0.307 e. The molecule has 0 heterocycles. The van der Waals surface area contributed by atoms with Crippen molar-refractivity contribution in [3.05, 3.63) is 12.1 Å². The van der Waals surface area contributed by atoms with Crippen LogP contribution in [0.25, 0.3) is 0 Å². The normalized spacial score (nSPS) is 19.8. The van der Waals surface area contributed by atoms with E-state index >= 15 is 0 Å². The van der Waals surface area contributed by atoms with Crippen LogP contribution in [0, 0.1) is 11.8 Å². The lowest BCUT2D eigenvalue weighted by Gasteiger charge is -2.32. The highest BCUT2D eigenvalue weighted by atomic mass is 16.5. The first-order valence-electron chi connectivity index (χ1n) is 6.85. The lowest BCUT2D eigenvalue weighted by atomic mass is 9.73. The third kappa shape index (κ3) is 2.93. The van der Waals surface area contributed by atoms with Crippen molar-refractivity contribution >= 4 is 17.6 Å². The molecule has 0 aliphatic heterocycles. The molecule has 0 radical (unpaired) electrons. The molecule has 1 amide bonds. The molecule has 0 aromatic heterocycles. The maximum atomic E-state index is 12.2. The summed E-state index contributed by atoms with van der Waals surface area (Å²) in [5.41, 5.74) is 0.468. The lowest BCUT2D eigenvalue weighted by Crippen LogP contribution is -2.41. The number of ether oxygens (including phenoxy) is 3.